The molecule has 10 heteroatoms. The standard InChI is InChI=1S/C13H12F3N3O4/c14-13(15,16)6-19-5-4-8(11(19)21)18-10(20)7-2-1-3-9(17-7)12(22)23/h1-3,8H,4-6H2,(H,18,20)(H,22,23). The van der Waals surface area contributed by atoms with E-state index >= 15 is 0 Å². The Bertz CT molecular complexity index is 648. The molecule has 1 aliphatic rings. The maximum atomic E-state index is 12.3. The van der Waals surface area contributed by atoms with E-state index in [9.17, 15) is 27.6 Å². The summed E-state index contributed by atoms with van der Waals surface area (Å²) in [5.74, 6) is -2.97. The number of halogens is 3. The topological polar surface area (TPSA) is 99.6 Å². The number of carboxylic acid groups (broad SMARTS) is 1. The monoisotopic (exact) mass is 331 g/mol. The zero-order chi connectivity index (χ0) is 17.2. The van der Waals surface area contributed by atoms with Gasteiger partial charge in [-0.1, -0.05) is 6.07 Å². The molecule has 0 aromatic carbocycles. The average molecular weight is 331 g/mol. The van der Waals surface area contributed by atoms with Crippen molar-refractivity contribution < 1.29 is 32.7 Å². The van der Waals surface area contributed by atoms with Crippen molar-refractivity contribution in [3.05, 3.63) is 29.6 Å². The number of carboxylic acids is 1. The highest BCUT2D eigenvalue weighted by atomic mass is 19.4. The van der Waals surface area contributed by atoms with Crippen molar-refractivity contribution in [2.24, 2.45) is 0 Å². The van der Waals surface area contributed by atoms with Gasteiger partial charge < -0.3 is 15.3 Å². The summed E-state index contributed by atoms with van der Waals surface area (Å²) in [4.78, 5) is 38.8. The summed E-state index contributed by atoms with van der Waals surface area (Å²) in [5, 5.41) is 11.1. The summed E-state index contributed by atoms with van der Waals surface area (Å²) in [6.45, 7) is -1.49. The third-order valence-electron chi connectivity index (χ3n) is 3.17. The first kappa shape index (κ1) is 16.7. The minimum Gasteiger partial charge on any atom is -0.477 e. The smallest absolute Gasteiger partial charge is 0.406 e. The molecule has 23 heavy (non-hydrogen) atoms. The van der Waals surface area contributed by atoms with Crippen molar-refractivity contribution in [2.45, 2.75) is 18.6 Å². The van der Waals surface area contributed by atoms with Crippen molar-refractivity contribution in [1.29, 1.82) is 0 Å². The Kier molecular flexibility index (Phi) is 4.52. The Hall–Kier alpha value is -2.65. The van der Waals surface area contributed by atoms with Gasteiger partial charge in [0.15, 0.2) is 0 Å². The third kappa shape index (κ3) is 4.18. The number of hydrogen-bond acceptors (Lipinski definition) is 4. The number of carbonyl (C=O) groups excluding carboxylic acids is 2. The molecule has 124 valence electrons. The first-order chi connectivity index (χ1) is 10.7. The predicted molar refractivity (Wildman–Crippen MR) is 69.7 cm³/mol. The molecule has 0 spiro atoms. The Balaban J connectivity index is 2.02. The van der Waals surface area contributed by atoms with E-state index in [1.54, 1.807) is 0 Å². The van der Waals surface area contributed by atoms with E-state index in [1.807, 2.05) is 0 Å². The molecule has 1 aromatic rings. The Labute approximate surface area is 128 Å². The highest BCUT2D eigenvalue weighted by molar-refractivity contribution is 5.97. The number of rotatable bonds is 4. The molecule has 0 saturated carbocycles. The van der Waals surface area contributed by atoms with Gasteiger partial charge in [-0.25, -0.2) is 9.78 Å². The van der Waals surface area contributed by atoms with Crippen LogP contribution in [0.2, 0.25) is 0 Å². The number of alkyl halides is 3. The quantitative estimate of drug-likeness (QED) is 0.845. The maximum absolute atomic E-state index is 12.3. The fourth-order valence-electron chi connectivity index (χ4n) is 2.16. The van der Waals surface area contributed by atoms with Crippen LogP contribution in [-0.4, -0.2) is 58.1 Å². The van der Waals surface area contributed by atoms with Crippen LogP contribution in [0.4, 0.5) is 13.2 Å². The SMILES string of the molecule is O=C(O)c1cccc(C(=O)NC2CCN(CC(F)(F)F)C2=O)n1. The summed E-state index contributed by atoms with van der Waals surface area (Å²) in [6.07, 6.45) is -4.47. The van der Waals surface area contributed by atoms with Gasteiger partial charge in [-0.05, 0) is 18.6 Å². The molecule has 1 fully saturated rings. The van der Waals surface area contributed by atoms with Crippen LogP contribution in [0.5, 0.6) is 0 Å². The number of carbonyl (C=O) groups is 3. The highest BCUT2D eigenvalue weighted by Gasteiger charge is 2.39. The molecule has 2 N–H and O–H groups in total. The van der Waals surface area contributed by atoms with E-state index in [2.05, 4.69) is 10.3 Å². The predicted octanol–water partition coefficient (Wildman–Crippen LogP) is 0.673. The third-order valence-corrected chi connectivity index (χ3v) is 3.17. The van der Waals surface area contributed by atoms with Gasteiger partial charge in [0.1, 0.15) is 24.0 Å². The first-order valence-corrected chi connectivity index (χ1v) is 6.54. The minimum atomic E-state index is -4.51. The summed E-state index contributed by atoms with van der Waals surface area (Å²) in [7, 11) is 0. The number of aromatic nitrogens is 1. The zero-order valence-electron chi connectivity index (χ0n) is 11.6. The number of amides is 2. The van der Waals surface area contributed by atoms with E-state index in [1.165, 1.54) is 18.2 Å². The fraction of sp³-hybridized carbons (Fsp3) is 0.385. The van der Waals surface area contributed by atoms with E-state index in [0.29, 0.717) is 4.90 Å². The van der Waals surface area contributed by atoms with Crippen molar-refractivity contribution in [3.8, 4) is 0 Å². The van der Waals surface area contributed by atoms with Crippen molar-refractivity contribution in [3.63, 3.8) is 0 Å². The van der Waals surface area contributed by atoms with Crippen molar-refractivity contribution in [1.82, 2.24) is 15.2 Å². The number of likely N-dealkylation sites (tertiary alicyclic amines) is 1. The number of aromatic carboxylic acids is 1. The van der Waals surface area contributed by atoms with Gasteiger partial charge in [-0.3, -0.25) is 9.59 Å². The van der Waals surface area contributed by atoms with Crippen LogP contribution in [0.15, 0.2) is 18.2 Å². The number of hydrogen-bond donors (Lipinski definition) is 2. The highest BCUT2D eigenvalue weighted by Crippen LogP contribution is 2.21. The molecule has 2 rings (SSSR count). The number of nitrogens with zero attached hydrogens (tertiary/aromatic N) is 2. The average Bonchev–Trinajstić information content (AvgIpc) is 2.78. The van der Waals surface area contributed by atoms with Crippen molar-refractivity contribution in [2.75, 3.05) is 13.1 Å². The van der Waals surface area contributed by atoms with Gasteiger partial charge in [0.2, 0.25) is 5.91 Å². The number of nitrogens with one attached hydrogen (secondary N) is 1. The molecule has 7 nitrogen and oxygen atoms in total. The van der Waals surface area contributed by atoms with Crippen LogP contribution in [-0.2, 0) is 4.79 Å². The minimum absolute atomic E-state index is 0.0409. The molecule has 1 saturated heterocycles. The lowest BCUT2D eigenvalue weighted by Crippen LogP contribution is -2.44. The zero-order valence-corrected chi connectivity index (χ0v) is 11.6. The van der Waals surface area contributed by atoms with E-state index in [4.69, 9.17) is 5.11 Å². The van der Waals surface area contributed by atoms with Gasteiger partial charge >= 0.3 is 12.1 Å². The van der Waals surface area contributed by atoms with E-state index in [-0.39, 0.29) is 24.4 Å². The summed E-state index contributed by atoms with van der Waals surface area (Å²) >= 11 is 0. The Morgan fingerprint density at radius 3 is 2.61 bits per heavy atom. The molecule has 1 atom stereocenters. The fourth-order valence-corrected chi connectivity index (χ4v) is 2.16. The normalized spacial score (nSPS) is 18.1. The van der Waals surface area contributed by atoms with Gasteiger partial charge in [0, 0.05) is 6.54 Å². The molecule has 1 aliphatic heterocycles. The number of pyridine rings is 1. The lowest BCUT2D eigenvalue weighted by molar-refractivity contribution is -0.157. The lowest BCUT2D eigenvalue weighted by Gasteiger charge is -2.18. The molecule has 1 unspecified atom stereocenters. The second-order valence-electron chi connectivity index (χ2n) is 4.90. The van der Waals surface area contributed by atoms with Crippen LogP contribution >= 0.6 is 0 Å². The summed E-state index contributed by atoms with van der Waals surface area (Å²) in [6, 6.07) is 2.65. The van der Waals surface area contributed by atoms with Crippen LogP contribution in [0.25, 0.3) is 0 Å². The van der Waals surface area contributed by atoms with Crippen LogP contribution in [0, 0.1) is 0 Å². The molecule has 0 bridgehead atoms. The molecule has 2 amide bonds. The van der Waals surface area contributed by atoms with Gasteiger partial charge in [-0.15, -0.1) is 0 Å². The second kappa shape index (κ2) is 6.23. The largest absolute Gasteiger partial charge is 0.477 e. The first-order valence-electron chi connectivity index (χ1n) is 6.54. The lowest BCUT2D eigenvalue weighted by atomic mass is 10.2. The van der Waals surface area contributed by atoms with Crippen molar-refractivity contribution >= 4 is 17.8 Å². The molecular weight excluding hydrogens is 319 g/mol. The summed E-state index contributed by atoms with van der Waals surface area (Å²) in [5.41, 5.74) is -0.582. The van der Waals surface area contributed by atoms with Gasteiger partial charge in [-0.2, -0.15) is 13.2 Å². The molecule has 1 aromatic heterocycles. The van der Waals surface area contributed by atoms with Crippen LogP contribution in [0.3, 0.4) is 0 Å². The maximum Gasteiger partial charge on any atom is 0.406 e. The summed E-state index contributed by atoms with van der Waals surface area (Å²) < 4.78 is 36.9. The molecule has 2 heterocycles. The van der Waals surface area contributed by atoms with E-state index in [0.717, 1.165) is 0 Å². The van der Waals surface area contributed by atoms with Gasteiger partial charge in [0.25, 0.3) is 5.91 Å². The molecular formula is C13H12F3N3O4. The molecule has 0 aliphatic carbocycles. The van der Waals surface area contributed by atoms with Gasteiger partial charge in [0.05, 0.1) is 0 Å². The second-order valence-corrected chi connectivity index (χ2v) is 4.90. The van der Waals surface area contributed by atoms with E-state index < -0.39 is 36.5 Å². The Morgan fingerprint density at radius 2 is 2.00 bits per heavy atom. The Morgan fingerprint density at radius 1 is 1.35 bits per heavy atom. The van der Waals surface area contributed by atoms with Crippen LogP contribution < -0.4 is 5.32 Å². The van der Waals surface area contributed by atoms with Crippen LogP contribution in [0.1, 0.15) is 27.4 Å². The molecule has 0 radical (unpaired) electrons.